The van der Waals surface area contributed by atoms with Crippen LogP contribution in [0.5, 0.6) is 5.75 Å². The van der Waals surface area contributed by atoms with Gasteiger partial charge in [0.2, 0.25) is 5.91 Å². The van der Waals surface area contributed by atoms with Gasteiger partial charge in [0.15, 0.2) is 0 Å². The van der Waals surface area contributed by atoms with Gasteiger partial charge in [0.05, 0.1) is 18.9 Å². The molecule has 2 amide bonds. The van der Waals surface area contributed by atoms with Gasteiger partial charge in [-0.25, -0.2) is 5.01 Å². The van der Waals surface area contributed by atoms with Gasteiger partial charge in [-0.05, 0) is 23.8 Å². The Labute approximate surface area is 175 Å². The number of methoxy groups -OCH3 is 1. The number of carbonyl (C=O) groups excluding carboxylic acids is 2. The molecule has 0 aromatic heterocycles. The molecule has 1 aliphatic heterocycles. The van der Waals surface area contributed by atoms with Crippen LogP contribution in [0, 0.1) is 0 Å². The minimum atomic E-state index is -0.273. The summed E-state index contributed by atoms with van der Waals surface area (Å²) >= 11 is 6.36. The third-order valence-corrected chi connectivity index (χ3v) is 5.28. The van der Waals surface area contributed by atoms with Crippen molar-refractivity contribution in [2.45, 2.75) is 25.8 Å². The second-order valence-electron chi connectivity index (χ2n) is 6.86. The Kier molecular flexibility index (Phi) is 6.54. The predicted molar refractivity (Wildman–Crippen MR) is 113 cm³/mol. The van der Waals surface area contributed by atoms with Gasteiger partial charge in [-0.15, -0.1) is 0 Å². The molecule has 1 heterocycles. The van der Waals surface area contributed by atoms with E-state index in [1.807, 2.05) is 42.5 Å². The summed E-state index contributed by atoms with van der Waals surface area (Å²) in [5.41, 5.74) is 2.49. The molecule has 0 aliphatic carbocycles. The molecule has 29 heavy (non-hydrogen) atoms. The maximum Gasteiger partial charge on any atom is 0.262 e. The Morgan fingerprint density at radius 2 is 1.90 bits per heavy atom. The predicted octanol–water partition coefficient (Wildman–Crippen LogP) is 3.89. The molecule has 3 rings (SSSR count). The molecule has 2 aromatic carbocycles. The molecular formula is C22H24ClN3O3. The van der Waals surface area contributed by atoms with E-state index in [4.69, 9.17) is 16.3 Å². The van der Waals surface area contributed by atoms with E-state index in [1.165, 1.54) is 9.91 Å². The molecule has 0 saturated heterocycles. The average Bonchev–Trinajstić information content (AvgIpc) is 3.18. The molecular weight excluding hydrogens is 390 g/mol. The standard InChI is InChI=1S/C22H24ClN3O3/c1-4-21(27)25(2)14-22(28)26-20(15-9-11-16(29-3)12-10-15)13-19(24-26)17-7-5-6-8-18(17)23/h5-12,20H,4,13-14H2,1-3H3/t20-/m0/s1. The highest BCUT2D eigenvalue weighted by Crippen LogP contribution is 2.35. The fourth-order valence-corrected chi connectivity index (χ4v) is 3.56. The van der Waals surface area contributed by atoms with Gasteiger partial charge >= 0.3 is 0 Å². The summed E-state index contributed by atoms with van der Waals surface area (Å²) in [4.78, 5) is 26.3. The first-order chi connectivity index (χ1) is 13.9. The first-order valence-electron chi connectivity index (χ1n) is 9.47. The van der Waals surface area contributed by atoms with Crippen LogP contribution in [0.3, 0.4) is 0 Å². The molecule has 0 spiro atoms. The summed E-state index contributed by atoms with van der Waals surface area (Å²) in [7, 11) is 3.24. The van der Waals surface area contributed by atoms with Crippen molar-refractivity contribution in [1.29, 1.82) is 0 Å². The van der Waals surface area contributed by atoms with Crippen LogP contribution in [0.15, 0.2) is 53.6 Å². The van der Waals surface area contributed by atoms with Gasteiger partial charge in [0, 0.05) is 30.5 Å². The first-order valence-corrected chi connectivity index (χ1v) is 9.84. The summed E-state index contributed by atoms with van der Waals surface area (Å²) in [6, 6.07) is 14.8. The van der Waals surface area contributed by atoms with Crippen LogP contribution in [0.2, 0.25) is 5.02 Å². The number of benzene rings is 2. The van der Waals surface area contributed by atoms with Crippen molar-refractivity contribution >= 4 is 29.1 Å². The molecule has 0 radical (unpaired) electrons. The van der Waals surface area contributed by atoms with Crippen molar-refractivity contribution in [3.63, 3.8) is 0 Å². The third kappa shape index (κ3) is 4.59. The number of hydrazone groups is 1. The van der Waals surface area contributed by atoms with E-state index >= 15 is 0 Å². The Bertz CT molecular complexity index is 927. The summed E-state index contributed by atoms with van der Waals surface area (Å²) in [5.74, 6) is 0.413. The van der Waals surface area contributed by atoms with Crippen LogP contribution in [0.4, 0.5) is 0 Å². The number of rotatable bonds is 6. The first kappa shape index (κ1) is 20.9. The van der Waals surface area contributed by atoms with Crippen molar-refractivity contribution in [2.24, 2.45) is 5.10 Å². The average molecular weight is 414 g/mol. The lowest BCUT2D eigenvalue weighted by atomic mass is 9.98. The zero-order valence-corrected chi connectivity index (χ0v) is 17.5. The van der Waals surface area contributed by atoms with Crippen molar-refractivity contribution in [3.8, 4) is 5.75 Å². The van der Waals surface area contributed by atoms with Crippen molar-refractivity contribution < 1.29 is 14.3 Å². The molecule has 152 valence electrons. The van der Waals surface area contributed by atoms with Crippen LogP contribution < -0.4 is 4.74 Å². The number of hydrogen-bond donors (Lipinski definition) is 0. The topological polar surface area (TPSA) is 62.2 Å². The highest BCUT2D eigenvalue weighted by atomic mass is 35.5. The van der Waals surface area contributed by atoms with Crippen molar-refractivity contribution in [1.82, 2.24) is 9.91 Å². The number of carbonyl (C=O) groups is 2. The van der Waals surface area contributed by atoms with E-state index in [1.54, 1.807) is 27.1 Å². The van der Waals surface area contributed by atoms with Crippen LogP contribution in [0.25, 0.3) is 0 Å². The van der Waals surface area contributed by atoms with Gasteiger partial charge in [-0.1, -0.05) is 48.9 Å². The normalized spacial score (nSPS) is 15.8. The zero-order valence-electron chi connectivity index (χ0n) is 16.8. The van der Waals surface area contributed by atoms with E-state index < -0.39 is 0 Å². The highest BCUT2D eigenvalue weighted by molar-refractivity contribution is 6.34. The van der Waals surface area contributed by atoms with Gasteiger partial charge in [-0.2, -0.15) is 5.10 Å². The maximum absolute atomic E-state index is 13.0. The van der Waals surface area contributed by atoms with Crippen molar-refractivity contribution in [3.05, 3.63) is 64.7 Å². The fraction of sp³-hybridized carbons (Fsp3) is 0.318. The minimum Gasteiger partial charge on any atom is -0.497 e. The van der Waals surface area contributed by atoms with Crippen LogP contribution in [0.1, 0.15) is 36.9 Å². The van der Waals surface area contributed by atoms with E-state index in [9.17, 15) is 9.59 Å². The summed E-state index contributed by atoms with van der Waals surface area (Å²) < 4.78 is 5.23. The third-order valence-electron chi connectivity index (χ3n) is 4.95. The fourth-order valence-electron chi connectivity index (χ4n) is 3.32. The Morgan fingerprint density at radius 1 is 1.21 bits per heavy atom. The van der Waals surface area contributed by atoms with Gasteiger partial charge in [0.1, 0.15) is 12.3 Å². The Morgan fingerprint density at radius 3 is 2.52 bits per heavy atom. The quantitative estimate of drug-likeness (QED) is 0.721. The molecule has 0 fully saturated rings. The SMILES string of the molecule is CCC(=O)N(C)CC(=O)N1N=C(c2ccccc2Cl)C[C@H]1c1ccc(OC)cc1. The summed E-state index contributed by atoms with van der Waals surface area (Å²) in [5, 5.41) is 6.67. The van der Waals surface area contributed by atoms with Crippen molar-refractivity contribution in [2.75, 3.05) is 20.7 Å². The van der Waals surface area contributed by atoms with Gasteiger partial charge in [0.25, 0.3) is 5.91 Å². The lowest BCUT2D eigenvalue weighted by molar-refractivity contribution is -0.140. The number of likely N-dealkylation sites (N-methyl/N-ethyl adjacent to an activating group) is 1. The zero-order chi connectivity index (χ0) is 21.0. The molecule has 0 N–H and O–H groups in total. The molecule has 0 unspecified atom stereocenters. The van der Waals surface area contributed by atoms with Crippen LogP contribution >= 0.6 is 11.6 Å². The summed E-state index contributed by atoms with van der Waals surface area (Å²) in [6.45, 7) is 1.74. The molecule has 1 atom stereocenters. The summed E-state index contributed by atoms with van der Waals surface area (Å²) in [6.07, 6.45) is 0.882. The monoisotopic (exact) mass is 413 g/mol. The lowest BCUT2D eigenvalue weighted by Gasteiger charge is -2.25. The molecule has 0 bridgehead atoms. The molecule has 0 saturated carbocycles. The Balaban J connectivity index is 1.92. The maximum atomic E-state index is 13.0. The highest BCUT2D eigenvalue weighted by Gasteiger charge is 2.34. The smallest absolute Gasteiger partial charge is 0.262 e. The van der Waals surface area contributed by atoms with E-state index in [2.05, 4.69) is 5.10 Å². The molecule has 7 heteroatoms. The second-order valence-corrected chi connectivity index (χ2v) is 7.27. The van der Waals surface area contributed by atoms with Crippen LogP contribution in [-0.4, -0.2) is 48.1 Å². The second kappa shape index (κ2) is 9.09. The molecule has 6 nitrogen and oxygen atoms in total. The number of halogens is 1. The van der Waals surface area contributed by atoms with E-state index in [0.717, 1.165) is 22.6 Å². The number of ether oxygens (including phenoxy) is 1. The minimum absolute atomic E-state index is 0.0291. The molecule has 1 aliphatic rings. The largest absolute Gasteiger partial charge is 0.497 e. The lowest BCUT2D eigenvalue weighted by Crippen LogP contribution is -2.38. The Hall–Kier alpha value is -2.86. The number of amides is 2. The van der Waals surface area contributed by atoms with Gasteiger partial charge < -0.3 is 9.64 Å². The van der Waals surface area contributed by atoms with Gasteiger partial charge in [-0.3, -0.25) is 9.59 Å². The van der Waals surface area contributed by atoms with Crippen LogP contribution in [-0.2, 0) is 9.59 Å². The number of nitrogens with zero attached hydrogens (tertiary/aromatic N) is 3. The number of hydrogen-bond acceptors (Lipinski definition) is 4. The van der Waals surface area contributed by atoms with E-state index in [0.29, 0.717) is 17.9 Å². The van der Waals surface area contributed by atoms with E-state index in [-0.39, 0.29) is 24.4 Å². The molecule has 2 aromatic rings.